The first-order chi connectivity index (χ1) is 59.5. The fourth-order valence-corrected chi connectivity index (χ4v) is 12.8. The number of hydrazine groups is 1. The van der Waals surface area contributed by atoms with Crippen LogP contribution in [-0.4, -0.2) is 167 Å². The first kappa shape index (κ1) is 96.8. The number of hydrogen-bond donors (Lipinski definition) is 6. The molecule has 0 bridgehead atoms. The Hall–Kier alpha value is -11.0. The lowest BCUT2D eigenvalue weighted by atomic mass is 10.1. The van der Waals surface area contributed by atoms with Crippen molar-refractivity contribution < 1.29 is 28.4 Å². The number of nitrogens with zero attached hydrogens (tertiary/aromatic N) is 16. The Morgan fingerprint density at radius 3 is 1.36 bits per heavy atom. The highest BCUT2D eigenvalue weighted by Crippen LogP contribution is 2.61. The number of benzene rings is 9. The molecule has 2 aliphatic heterocycles. The van der Waals surface area contributed by atoms with Gasteiger partial charge in [0.15, 0.2) is 34.4 Å². The van der Waals surface area contributed by atoms with E-state index in [9.17, 15) is 23.7 Å². The minimum absolute atomic E-state index is 0.170. The predicted octanol–water partition coefficient (Wildman–Crippen LogP) is 18.0. The Morgan fingerprint density at radius 1 is 0.508 bits per heavy atom. The predicted molar refractivity (Wildman–Crippen MR) is 494 cm³/mol. The maximum atomic E-state index is 12.1. The summed E-state index contributed by atoms with van der Waals surface area (Å²) in [5.74, 6) is 7.69. The number of halogens is 10. The average Bonchev–Trinajstić information content (AvgIpc) is 1.61. The van der Waals surface area contributed by atoms with Gasteiger partial charge in [-0.15, -0.1) is 15.3 Å². The van der Waals surface area contributed by atoms with Crippen molar-refractivity contribution in [3.63, 3.8) is 0 Å². The average molecular weight is 1890 g/mol. The number of nitrogens with two attached hydrogens (primary N) is 2. The molecule has 642 valence electrons. The molecule has 0 aliphatic carbocycles. The number of nitriles is 2. The Balaban J connectivity index is 0.000000167. The molecule has 0 unspecified atom stereocenters. The van der Waals surface area contributed by atoms with Crippen molar-refractivity contribution in [2.45, 2.75) is 25.7 Å². The number of hydrogen-bond acceptors (Lipinski definition) is 23. The molecule has 9 aromatic carbocycles. The van der Waals surface area contributed by atoms with Crippen molar-refractivity contribution in [2.24, 2.45) is 5.84 Å². The maximum absolute atomic E-state index is 12.1. The summed E-state index contributed by atoms with van der Waals surface area (Å²) in [6, 6.07) is 69.4. The van der Waals surface area contributed by atoms with Gasteiger partial charge in [0.2, 0.25) is 17.1 Å². The lowest BCUT2D eigenvalue weighted by molar-refractivity contribution is -0.120. The lowest BCUT2D eigenvalue weighted by Crippen LogP contribution is -2.45. The molecule has 0 spiro atoms. The molecule has 29 nitrogen and oxygen atoms in total. The van der Waals surface area contributed by atoms with E-state index in [4.69, 9.17) is 107 Å². The van der Waals surface area contributed by atoms with Crippen LogP contribution in [0.2, 0.25) is 30.4 Å². The number of rotatable bonds is 10. The van der Waals surface area contributed by atoms with Gasteiger partial charge in [0.25, 0.3) is 0 Å². The molecule has 2 amide bonds. The summed E-state index contributed by atoms with van der Waals surface area (Å²) in [6.07, 6.45) is 1.62. The van der Waals surface area contributed by atoms with E-state index >= 15 is 0 Å². The number of ether oxygens (including phenoxy) is 2. The summed E-state index contributed by atoms with van der Waals surface area (Å²) >= 11 is 54.3. The number of anilines is 3. The largest absolute Gasteiger partial charge is 0.457 e. The molecule has 0 radical (unpaired) electrons. The minimum atomic E-state index is -3.22. The first-order valence-corrected chi connectivity index (χ1v) is 44.4. The fraction of sp³-hybridized carbons (Fsp3) is 0.190. The van der Waals surface area contributed by atoms with Crippen LogP contribution < -0.4 is 38.2 Å². The molecular formula is C84H79Cl10N22O7P. The first-order valence-electron chi connectivity index (χ1n) is 37.3. The summed E-state index contributed by atoms with van der Waals surface area (Å²) in [6.45, 7) is 8.60. The third-order valence-corrected chi connectivity index (χ3v) is 19.3. The summed E-state index contributed by atoms with van der Waals surface area (Å²) in [4.78, 5) is 76.0. The Labute approximate surface area is 761 Å². The van der Waals surface area contributed by atoms with Gasteiger partial charge >= 0.3 is 22.4 Å². The number of aromatic nitrogens is 12. The number of carbonyl (C=O) groups excluding carboxylic acids is 3. The van der Waals surface area contributed by atoms with Gasteiger partial charge in [-0.1, -0.05) is 179 Å². The molecule has 0 atom stereocenters. The number of piperazine rings is 2. The fourth-order valence-electron chi connectivity index (χ4n) is 11.7. The van der Waals surface area contributed by atoms with Crippen LogP contribution in [0.25, 0.3) is 49.7 Å². The molecule has 2 fully saturated rings. The zero-order valence-electron chi connectivity index (χ0n) is 66.6. The second kappa shape index (κ2) is 48.3. The van der Waals surface area contributed by atoms with Crippen LogP contribution in [0.5, 0.6) is 0 Å². The molecule has 2 saturated heterocycles. The van der Waals surface area contributed by atoms with Crippen molar-refractivity contribution in [3.8, 4) is 12.1 Å². The highest BCUT2D eigenvalue weighted by molar-refractivity contribution is 8.24. The molecule has 8 N–H and O–H groups in total. The summed E-state index contributed by atoms with van der Waals surface area (Å²) in [7, 11) is 6.77. The molecule has 8 heterocycles. The van der Waals surface area contributed by atoms with Crippen LogP contribution in [-0.2, 0) is 44.5 Å². The number of fused-ring (bicyclic) bond motifs is 9. The van der Waals surface area contributed by atoms with E-state index in [1.54, 1.807) is 47.0 Å². The van der Waals surface area contributed by atoms with Crippen molar-refractivity contribution in [2.75, 3.05) is 96.6 Å². The highest BCUT2D eigenvalue weighted by atomic mass is 36.0. The van der Waals surface area contributed by atoms with E-state index in [-0.39, 0.29) is 16.9 Å². The standard InChI is InChI=1S/C21H21ClN6.C16H10Cl2N4.C16H11ClN4O.C9H7ClN2O2.C8H10N2O.C7H5ClN2.C5H12N2.C2H3ClO2.Cl3OP/c1-26-9-11-27(12-10-26)21-23-18-8-7-16(22)14-17(18)20-24-19(25-28(20)21)13-15-5-3-2-4-6-15;17-11-6-7-13-12(9-11)15-20-14(21-22(15)16(18)19-13)8-10-4-2-1-3-5-10;17-11-6-7-13-12(9-11)15-19-14(20-21(15)16(22)18-13)8-10-4-2-1-3-5-10;1-14-9(13)12-8-3-2-7(10)4-6(8)5-11;9-10-8(11)6-7-4-2-1-3-5-7;8-6-1-2-7(10)5(3-6)4-9;1-7-4-2-6-3-5-7;1-5-2(3)4;1-5(2,3)4/h2-8,14H,9-13H2,1H3;1-7,9H,8H2;1-7,9H,8H2,(H,18,22);2-4H,1H3,(H,12,13);1-5H,6,9H2,(H,10,11);1-3H,10H2;6H,2-5H2,1H3;1H3;. The van der Waals surface area contributed by atoms with E-state index in [2.05, 4.69) is 142 Å². The van der Waals surface area contributed by atoms with Gasteiger partial charge in [0.1, 0.15) is 12.1 Å². The molecule has 40 heteroatoms. The number of likely N-dealkylation sites (N-methyl/N-ethyl adjacent to an activating group) is 2. The maximum Gasteiger partial charge on any atom is 0.411 e. The van der Waals surface area contributed by atoms with Gasteiger partial charge < -0.3 is 40.2 Å². The summed E-state index contributed by atoms with van der Waals surface area (Å²) in [5.41, 5.74) is 16.7. The number of nitrogen functional groups attached to an aromatic ring is 1. The van der Waals surface area contributed by atoms with Gasteiger partial charge in [-0.05, 0) is 173 Å². The van der Waals surface area contributed by atoms with Gasteiger partial charge in [0, 0.05) is 130 Å². The van der Waals surface area contributed by atoms with E-state index in [0.29, 0.717) is 102 Å². The zero-order chi connectivity index (χ0) is 89.4. The SMILES string of the molecule is CN1CCN(c2nc3ccc(Cl)cc3c3nc(Cc4ccccc4)nn23)CC1.CN1CCNCC1.COC(=O)Cl.COC(=O)Nc1ccc(Cl)cc1C#N.Clc1ccc2nc(Cl)n3nc(Cc4ccccc4)nc3c2c1.N#Cc1cc(Cl)ccc1N.NNC(=O)Cc1ccccc1.O=P(Cl)(Cl)Cl.O=c1[nH]c2ccc(Cl)cc2c2nc(Cc3ccccc3)nn12. The zero-order valence-corrected chi connectivity index (χ0v) is 75.0. The number of methoxy groups -OCH3 is 2. The third-order valence-electron chi connectivity index (χ3n) is 17.7. The quantitative estimate of drug-likeness (QED) is 0.0141. The summed E-state index contributed by atoms with van der Waals surface area (Å²) in [5, 5.41) is 38.9. The molecule has 6 aromatic heterocycles. The van der Waals surface area contributed by atoms with E-state index < -0.39 is 16.7 Å². The molecule has 17 rings (SSSR count). The second-order valence-corrected chi connectivity index (χ2v) is 36.2. The summed E-state index contributed by atoms with van der Waals surface area (Å²) < 4.78 is 22.5. The monoisotopic (exact) mass is 1890 g/mol. The van der Waals surface area contributed by atoms with Gasteiger partial charge in [-0.3, -0.25) is 20.1 Å². The smallest absolute Gasteiger partial charge is 0.411 e. The molecule has 0 saturated carbocycles. The Bertz CT molecular complexity index is 6310. The molecule has 2 aliphatic rings. The van der Waals surface area contributed by atoms with E-state index in [0.717, 1.165) is 101 Å². The minimum Gasteiger partial charge on any atom is -0.457 e. The second-order valence-electron chi connectivity index (χ2n) is 26.7. The molecule has 15 aromatic rings. The van der Waals surface area contributed by atoms with Crippen LogP contribution >= 0.6 is 120 Å². The number of aromatic amines is 1. The van der Waals surface area contributed by atoms with Gasteiger partial charge in [-0.2, -0.15) is 24.1 Å². The number of amides is 2. The number of H-pyrrole nitrogens is 1. The van der Waals surface area contributed by atoms with Gasteiger partial charge in [-0.25, -0.2) is 45.1 Å². The van der Waals surface area contributed by atoms with Crippen molar-refractivity contribution in [1.29, 1.82) is 10.5 Å². The molecular weight excluding hydrogens is 1810 g/mol. The van der Waals surface area contributed by atoms with Crippen LogP contribution in [0.15, 0.2) is 217 Å². The molecule has 124 heavy (non-hydrogen) atoms. The number of carbonyl (C=O) groups is 3. The van der Waals surface area contributed by atoms with Crippen LogP contribution in [0.1, 0.15) is 50.9 Å². The van der Waals surface area contributed by atoms with Crippen molar-refractivity contribution in [1.82, 2.24) is 79.3 Å². The Kier molecular flexibility index (Phi) is 37.7. The van der Waals surface area contributed by atoms with Crippen LogP contribution in [0.4, 0.5) is 26.9 Å². The highest BCUT2D eigenvalue weighted by Gasteiger charge is 2.23. The number of nitrogens with one attached hydrogen (secondary N) is 4. The Morgan fingerprint density at radius 2 is 0.911 bits per heavy atom. The lowest BCUT2D eigenvalue weighted by Gasteiger charge is -2.33. The van der Waals surface area contributed by atoms with Crippen LogP contribution in [0.3, 0.4) is 0 Å². The normalized spacial score (nSPS) is 12.2. The van der Waals surface area contributed by atoms with E-state index in [1.807, 2.05) is 156 Å². The van der Waals surface area contributed by atoms with Crippen molar-refractivity contribution in [3.05, 3.63) is 304 Å². The third kappa shape index (κ3) is 30.4. The van der Waals surface area contributed by atoms with E-state index in [1.165, 1.54) is 55.6 Å². The topological polar surface area (TPSA) is 381 Å². The van der Waals surface area contributed by atoms with Gasteiger partial charge in [0.05, 0.1) is 54.0 Å². The van der Waals surface area contributed by atoms with Crippen molar-refractivity contribution >= 4 is 205 Å². The van der Waals surface area contributed by atoms with Crippen LogP contribution in [0, 0.1) is 22.7 Å².